The highest BCUT2D eigenvalue weighted by Gasteiger charge is 2.31. The predicted molar refractivity (Wildman–Crippen MR) is 127 cm³/mol. The van der Waals surface area contributed by atoms with Crippen LogP contribution in [-0.4, -0.2) is 55.9 Å². The fourth-order valence-corrected chi connectivity index (χ4v) is 5.89. The normalized spacial score (nSPS) is 18.3. The number of rotatable bonds is 6. The second-order valence-corrected chi connectivity index (χ2v) is 10.0. The number of nitrogens with two attached hydrogens (primary N) is 1. The van der Waals surface area contributed by atoms with E-state index in [9.17, 15) is 9.90 Å². The van der Waals surface area contributed by atoms with E-state index in [1.807, 2.05) is 18.2 Å². The lowest BCUT2D eigenvalue weighted by atomic mass is 10.1. The third kappa shape index (κ3) is 4.24. The summed E-state index contributed by atoms with van der Waals surface area (Å²) in [4.78, 5) is 24.1. The van der Waals surface area contributed by atoms with E-state index < -0.39 is 6.10 Å². The Morgan fingerprint density at radius 2 is 2.18 bits per heavy atom. The summed E-state index contributed by atoms with van der Waals surface area (Å²) in [6.45, 7) is 3.06. The number of aromatic nitrogens is 3. The van der Waals surface area contributed by atoms with Gasteiger partial charge in [-0.25, -0.2) is 9.97 Å². The van der Waals surface area contributed by atoms with Crippen molar-refractivity contribution in [2.45, 2.75) is 54.9 Å². The molecule has 1 amide bonds. The number of nitrogens with zero attached hydrogens (tertiary/aromatic N) is 4. The number of nitrogen functional groups attached to an aromatic ring is 1. The molecular weight excluding hydrogens is 510 g/mol. The number of benzene rings is 1. The lowest BCUT2D eigenvalue weighted by Crippen LogP contribution is -2.41. The number of carbonyl (C=O) groups is 1. The zero-order valence-corrected chi connectivity index (χ0v) is 20.4. The minimum absolute atomic E-state index is 0.0823. The van der Waals surface area contributed by atoms with Gasteiger partial charge >= 0.3 is 0 Å². The maximum Gasteiger partial charge on any atom is 0.251 e. The molecule has 0 spiro atoms. The van der Waals surface area contributed by atoms with Crippen LogP contribution in [0.15, 0.2) is 38.9 Å². The summed E-state index contributed by atoms with van der Waals surface area (Å²) in [5.74, 6) is 1.57. The van der Waals surface area contributed by atoms with E-state index in [4.69, 9.17) is 20.2 Å². The molecule has 0 bridgehead atoms. The van der Waals surface area contributed by atoms with Gasteiger partial charge in [-0.1, -0.05) is 11.8 Å². The van der Waals surface area contributed by atoms with Crippen LogP contribution >= 0.6 is 27.7 Å². The molecule has 4 heterocycles. The lowest BCUT2D eigenvalue weighted by molar-refractivity contribution is -0.140. The Kier molecular flexibility index (Phi) is 6.11. The van der Waals surface area contributed by atoms with Gasteiger partial charge in [-0.15, -0.1) is 0 Å². The van der Waals surface area contributed by atoms with Crippen LogP contribution in [0.1, 0.15) is 26.2 Å². The number of halogens is 1. The van der Waals surface area contributed by atoms with Crippen molar-refractivity contribution in [3.05, 3.63) is 28.9 Å². The molecule has 1 aromatic carbocycles. The second kappa shape index (κ2) is 9.03. The van der Waals surface area contributed by atoms with Crippen LogP contribution < -0.4 is 15.2 Å². The van der Waals surface area contributed by atoms with E-state index in [-0.39, 0.29) is 18.7 Å². The van der Waals surface area contributed by atoms with E-state index in [1.54, 1.807) is 11.1 Å². The van der Waals surface area contributed by atoms with Gasteiger partial charge < -0.3 is 29.8 Å². The quantitative estimate of drug-likeness (QED) is 0.495. The van der Waals surface area contributed by atoms with Gasteiger partial charge in [0.05, 0.1) is 5.52 Å². The van der Waals surface area contributed by atoms with Crippen molar-refractivity contribution >= 4 is 50.5 Å². The van der Waals surface area contributed by atoms with Gasteiger partial charge in [0.1, 0.15) is 11.6 Å². The largest absolute Gasteiger partial charge is 0.454 e. The summed E-state index contributed by atoms with van der Waals surface area (Å²) >= 11 is 5.12. The summed E-state index contributed by atoms with van der Waals surface area (Å²) in [7, 11) is 0. The number of carbonyl (C=O) groups excluding carboxylic acids is 1. The molecule has 3 N–H and O–H groups in total. The first-order chi connectivity index (χ1) is 15.9. The van der Waals surface area contributed by atoms with Crippen LogP contribution in [0, 0.1) is 0 Å². The molecule has 1 unspecified atom stereocenters. The van der Waals surface area contributed by atoms with Gasteiger partial charge in [0, 0.05) is 34.7 Å². The minimum atomic E-state index is -0.986. The highest BCUT2D eigenvalue weighted by Crippen LogP contribution is 2.43. The van der Waals surface area contributed by atoms with Crippen LogP contribution in [-0.2, 0) is 11.3 Å². The highest BCUT2D eigenvalue weighted by molar-refractivity contribution is 9.10. The number of aryl methyl sites for hydroxylation is 1. The van der Waals surface area contributed by atoms with E-state index in [1.165, 1.54) is 18.7 Å². The van der Waals surface area contributed by atoms with Crippen molar-refractivity contribution in [2.24, 2.45) is 0 Å². The number of hydrogen-bond acceptors (Lipinski definition) is 8. The Labute approximate surface area is 203 Å². The van der Waals surface area contributed by atoms with Crippen LogP contribution in [0.25, 0.3) is 11.0 Å². The average molecular weight is 534 g/mol. The Balaban J connectivity index is 1.45. The summed E-state index contributed by atoms with van der Waals surface area (Å²) in [5, 5.41) is 10.5. The van der Waals surface area contributed by atoms with Gasteiger partial charge in [-0.05, 0) is 60.3 Å². The van der Waals surface area contributed by atoms with Crippen LogP contribution in [0.4, 0.5) is 5.82 Å². The Morgan fingerprint density at radius 1 is 1.39 bits per heavy atom. The molecule has 1 saturated heterocycles. The molecule has 5 rings (SSSR count). The Bertz CT molecular complexity index is 1220. The number of aliphatic hydroxyl groups excluding tert-OH is 1. The monoisotopic (exact) mass is 533 g/mol. The first kappa shape index (κ1) is 22.3. The smallest absolute Gasteiger partial charge is 0.251 e. The number of fused-ring (bicyclic) bond motifs is 2. The first-order valence-electron chi connectivity index (χ1n) is 10.8. The number of ether oxygens (including phenoxy) is 2. The molecule has 2 aromatic heterocycles. The second-order valence-electron chi connectivity index (χ2n) is 8.14. The van der Waals surface area contributed by atoms with Crippen LogP contribution in [0.3, 0.4) is 0 Å². The summed E-state index contributed by atoms with van der Waals surface area (Å²) < 4.78 is 14.0. The van der Waals surface area contributed by atoms with E-state index in [0.717, 1.165) is 39.3 Å². The average Bonchev–Trinajstić information content (AvgIpc) is 3.51. The molecule has 0 radical (unpaired) electrons. The molecule has 0 aliphatic carbocycles. The van der Waals surface area contributed by atoms with Crippen LogP contribution in [0.5, 0.6) is 11.5 Å². The summed E-state index contributed by atoms with van der Waals surface area (Å²) in [5.41, 5.74) is 7.68. The standard InChI is InChI=1S/C22H24BrN5O4S/c1-12(29)21(30)27-7-2-3-13(27)5-8-28-15-4-6-25-20(24)19(15)26-22(28)33-18-10-17-16(9-14(18)23)31-11-32-17/h4,6,9-10,12-13,29H,2-3,5,7-8,11H2,1H3,(H2,24,25)/t12-,13?/m0/s1. The number of hydrogen-bond donors (Lipinski definition) is 2. The topological polar surface area (TPSA) is 116 Å². The van der Waals surface area contributed by atoms with Crippen molar-refractivity contribution in [3.63, 3.8) is 0 Å². The fraction of sp³-hybridized carbons (Fsp3) is 0.409. The van der Waals surface area contributed by atoms with Gasteiger partial charge in [0.15, 0.2) is 22.5 Å². The molecule has 1 fully saturated rings. The molecule has 2 atom stereocenters. The zero-order chi connectivity index (χ0) is 23.1. The SMILES string of the molecule is C[C@H](O)C(=O)N1CCCC1CCn1c(Sc2cc3c(cc2Br)OCO3)nc2c(N)nccc21. The third-order valence-electron chi connectivity index (χ3n) is 5.99. The molecule has 3 aromatic rings. The molecule has 9 nitrogen and oxygen atoms in total. The van der Waals surface area contributed by atoms with Crippen molar-refractivity contribution in [2.75, 3.05) is 19.1 Å². The molecule has 33 heavy (non-hydrogen) atoms. The van der Waals surface area contributed by atoms with Crippen LogP contribution in [0.2, 0.25) is 0 Å². The van der Waals surface area contributed by atoms with E-state index >= 15 is 0 Å². The van der Waals surface area contributed by atoms with Crippen molar-refractivity contribution < 1.29 is 19.4 Å². The van der Waals surface area contributed by atoms with Gasteiger partial charge in [-0.2, -0.15) is 0 Å². The summed E-state index contributed by atoms with van der Waals surface area (Å²) in [6.07, 6.45) is 3.31. The molecule has 2 aliphatic rings. The van der Waals surface area contributed by atoms with E-state index in [0.29, 0.717) is 35.9 Å². The van der Waals surface area contributed by atoms with Gasteiger partial charge in [0.2, 0.25) is 6.79 Å². The molecule has 11 heteroatoms. The number of amides is 1. The number of imidazole rings is 1. The number of anilines is 1. The maximum absolute atomic E-state index is 12.4. The lowest BCUT2D eigenvalue weighted by Gasteiger charge is -2.26. The summed E-state index contributed by atoms with van der Waals surface area (Å²) in [6, 6.07) is 5.82. The highest BCUT2D eigenvalue weighted by atomic mass is 79.9. The van der Waals surface area contributed by atoms with Gasteiger partial charge in [0.25, 0.3) is 5.91 Å². The zero-order valence-electron chi connectivity index (χ0n) is 18.0. The Morgan fingerprint density at radius 3 is 2.97 bits per heavy atom. The van der Waals surface area contributed by atoms with Crippen molar-refractivity contribution in [1.82, 2.24) is 19.4 Å². The number of aliphatic hydroxyl groups is 1. The molecule has 2 aliphatic heterocycles. The van der Waals surface area contributed by atoms with Crippen molar-refractivity contribution in [3.8, 4) is 11.5 Å². The van der Waals surface area contributed by atoms with Crippen molar-refractivity contribution in [1.29, 1.82) is 0 Å². The predicted octanol–water partition coefficient (Wildman–Crippen LogP) is 3.42. The maximum atomic E-state index is 12.4. The number of likely N-dealkylation sites (tertiary alicyclic amines) is 1. The molecule has 174 valence electrons. The number of pyridine rings is 1. The van der Waals surface area contributed by atoms with E-state index in [2.05, 4.69) is 25.5 Å². The first-order valence-corrected chi connectivity index (χ1v) is 12.4. The Hall–Kier alpha value is -2.50. The minimum Gasteiger partial charge on any atom is -0.454 e. The fourth-order valence-electron chi connectivity index (χ4n) is 4.36. The van der Waals surface area contributed by atoms with Gasteiger partial charge in [-0.3, -0.25) is 4.79 Å². The molecule has 0 saturated carbocycles. The molecular formula is C22H24BrN5O4S. The third-order valence-corrected chi connectivity index (χ3v) is 7.96.